The molecule has 1 saturated carbocycles. The standard InChI is InChI=1S/C13H26N2O/c1-15(8-12-4-2-5-12)10-13(9-14)6-3-7-16-11-13/h12H,2-11,14H2,1H3. The lowest BCUT2D eigenvalue weighted by molar-refractivity contribution is -0.0213. The van der Waals surface area contributed by atoms with Crippen LogP contribution in [0.5, 0.6) is 0 Å². The van der Waals surface area contributed by atoms with Crippen molar-refractivity contribution in [2.24, 2.45) is 17.1 Å². The zero-order valence-corrected chi connectivity index (χ0v) is 10.6. The van der Waals surface area contributed by atoms with Crippen LogP contribution in [0.2, 0.25) is 0 Å². The van der Waals surface area contributed by atoms with E-state index in [1.54, 1.807) is 0 Å². The van der Waals surface area contributed by atoms with Crippen molar-refractivity contribution in [1.29, 1.82) is 0 Å². The smallest absolute Gasteiger partial charge is 0.0546 e. The molecule has 94 valence electrons. The van der Waals surface area contributed by atoms with Crippen molar-refractivity contribution in [3.63, 3.8) is 0 Å². The molecule has 0 amide bonds. The highest BCUT2D eigenvalue weighted by Crippen LogP contribution is 2.31. The van der Waals surface area contributed by atoms with Crippen molar-refractivity contribution in [3.8, 4) is 0 Å². The van der Waals surface area contributed by atoms with Gasteiger partial charge in [0.25, 0.3) is 0 Å². The molecule has 0 spiro atoms. The van der Waals surface area contributed by atoms with Crippen LogP contribution in [0, 0.1) is 11.3 Å². The van der Waals surface area contributed by atoms with Gasteiger partial charge >= 0.3 is 0 Å². The fourth-order valence-corrected chi connectivity index (χ4v) is 3.01. The molecular weight excluding hydrogens is 200 g/mol. The molecule has 1 atom stereocenters. The van der Waals surface area contributed by atoms with Crippen molar-refractivity contribution < 1.29 is 4.74 Å². The van der Waals surface area contributed by atoms with E-state index in [2.05, 4.69) is 11.9 Å². The Labute approximate surface area is 99.3 Å². The van der Waals surface area contributed by atoms with Crippen LogP contribution >= 0.6 is 0 Å². The summed E-state index contributed by atoms with van der Waals surface area (Å²) < 4.78 is 5.62. The summed E-state index contributed by atoms with van der Waals surface area (Å²) in [5.41, 5.74) is 6.19. The number of ether oxygens (including phenoxy) is 1. The first-order chi connectivity index (χ1) is 7.74. The Hall–Kier alpha value is -0.120. The van der Waals surface area contributed by atoms with Crippen LogP contribution in [0.15, 0.2) is 0 Å². The Morgan fingerprint density at radius 2 is 2.19 bits per heavy atom. The first-order valence-corrected chi connectivity index (χ1v) is 6.70. The second kappa shape index (κ2) is 5.48. The highest BCUT2D eigenvalue weighted by atomic mass is 16.5. The van der Waals surface area contributed by atoms with Gasteiger partial charge in [-0.3, -0.25) is 0 Å². The van der Waals surface area contributed by atoms with Crippen molar-refractivity contribution in [1.82, 2.24) is 4.90 Å². The van der Waals surface area contributed by atoms with Crippen LogP contribution in [-0.2, 0) is 4.74 Å². The van der Waals surface area contributed by atoms with Crippen molar-refractivity contribution in [2.75, 3.05) is 39.9 Å². The first kappa shape index (κ1) is 12.3. The molecule has 2 fully saturated rings. The lowest BCUT2D eigenvalue weighted by atomic mass is 9.81. The summed E-state index contributed by atoms with van der Waals surface area (Å²) in [4.78, 5) is 2.48. The molecule has 2 N–H and O–H groups in total. The molecule has 0 aromatic rings. The summed E-state index contributed by atoms with van der Waals surface area (Å²) in [6, 6.07) is 0. The van der Waals surface area contributed by atoms with E-state index in [0.29, 0.717) is 0 Å². The molecule has 1 heterocycles. The molecule has 3 nitrogen and oxygen atoms in total. The van der Waals surface area contributed by atoms with E-state index in [4.69, 9.17) is 10.5 Å². The molecular formula is C13H26N2O. The monoisotopic (exact) mass is 226 g/mol. The average Bonchev–Trinajstić information content (AvgIpc) is 2.25. The van der Waals surface area contributed by atoms with E-state index >= 15 is 0 Å². The van der Waals surface area contributed by atoms with Crippen LogP contribution in [0.25, 0.3) is 0 Å². The Bertz CT molecular complexity index is 210. The van der Waals surface area contributed by atoms with Crippen LogP contribution in [-0.4, -0.2) is 44.8 Å². The molecule has 2 rings (SSSR count). The molecule has 1 aliphatic carbocycles. The normalized spacial score (nSPS) is 31.7. The molecule has 1 unspecified atom stereocenters. The molecule has 0 aromatic carbocycles. The van der Waals surface area contributed by atoms with Gasteiger partial charge in [-0.05, 0) is 38.6 Å². The van der Waals surface area contributed by atoms with Crippen molar-refractivity contribution in [2.45, 2.75) is 32.1 Å². The highest BCUT2D eigenvalue weighted by Gasteiger charge is 2.33. The molecule has 1 aliphatic heterocycles. The molecule has 0 bridgehead atoms. The van der Waals surface area contributed by atoms with Gasteiger partial charge in [0.05, 0.1) is 6.61 Å². The van der Waals surface area contributed by atoms with Gasteiger partial charge in [0.2, 0.25) is 0 Å². The number of nitrogens with two attached hydrogens (primary N) is 1. The summed E-state index contributed by atoms with van der Waals surface area (Å²) in [6.07, 6.45) is 6.70. The average molecular weight is 226 g/mol. The van der Waals surface area contributed by atoms with Gasteiger partial charge in [0.15, 0.2) is 0 Å². The summed E-state index contributed by atoms with van der Waals surface area (Å²) >= 11 is 0. The van der Waals surface area contributed by atoms with Gasteiger partial charge in [-0.1, -0.05) is 6.42 Å². The SMILES string of the molecule is CN(CC1CCC1)CC1(CN)CCCOC1. The zero-order chi connectivity index (χ0) is 11.4. The first-order valence-electron chi connectivity index (χ1n) is 6.70. The predicted octanol–water partition coefficient (Wildman–Crippen LogP) is 1.47. The maximum Gasteiger partial charge on any atom is 0.0546 e. The Morgan fingerprint density at radius 3 is 2.69 bits per heavy atom. The van der Waals surface area contributed by atoms with E-state index < -0.39 is 0 Å². The lowest BCUT2D eigenvalue weighted by Crippen LogP contribution is -2.48. The maximum atomic E-state index is 5.96. The van der Waals surface area contributed by atoms with Gasteiger partial charge in [-0.2, -0.15) is 0 Å². The summed E-state index contributed by atoms with van der Waals surface area (Å²) in [5.74, 6) is 0.948. The minimum Gasteiger partial charge on any atom is -0.381 e. The summed E-state index contributed by atoms with van der Waals surface area (Å²) in [6.45, 7) is 4.91. The third-order valence-electron chi connectivity index (χ3n) is 4.24. The number of hydrogen-bond donors (Lipinski definition) is 1. The molecule has 0 aromatic heterocycles. The molecule has 2 aliphatic rings. The number of rotatable bonds is 5. The third kappa shape index (κ3) is 2.96. The number of nitrogens with zero attached hydrogens (tertiary/aromatic N) is 1. The fourth-order valence-electron chi connectivity index (χ4n) is 3.01. The molecule has 1 saturated heterocycles. The predicted molar refractivity (Wildman–Crippen MR) is 66.4 cm³/mol. The van der Waals surface area contributed by atoms with Crippen LogP contribution < -0.4 is 5.73 Å². The lowest BCUT2D eigenvalue weighted by Gasteiger charge is -2.40. The quantitative estimate of drug-likeness (QED) is 0.771. The second-order valence-electron chi connectivity index (χ2n) is 5.85. The second-order valence-corrected chi connectivity index (χ2v) is 5.85. The van der Waals surface area contributed by atoms with Gasteiger partial charge in [0.1, 0.15) is 0 Å². The Kier molecular flexibility index (Phi) is 4.22. The highest BCUT2D eigenvalue weighted by molar-refractivity contribution is 4.86. The van der Waals surface area contributed by atoms with Crippen LogP contribution in [0.4, 0.5) is 0 Å². The van der Waals surface area contributed by atoms with E-state index in [1.807, 2.05) is 0 Å². The van der Waals surface area contributed by atoms with E-state index in [1.165, 1.54) is 38.6 Å². The van der Waals surface area contributed by atoms with Crippen molar-refractivity contribution in [3.05, 3.63) is 0 Å². The van der Waals surface area contributed by atoms with E-state index in [0.717, 1.165) is 32.2 Å². The third-order valence-corrected chi connectivity index (χ3v) is 4.24. The van der Waals surface area contributed by atoms with E-state index in [9.17, 15) is 0 Å². The largest absolute Gasteiger partial charge is 0.381 e. The minimum absolute atomic E-state index is 0.233. The summed E-state index contributed by atoms with van der Waals surface area (Å²) in [5, 5.41) is 0. The molecule has 16 heavy (non-hydrogen) atoms. The van der Waals surface area contributed by atoms with Crippen molar-refractivity contribution >= 4 is 0 Å². The maximum absolute atomic E-state index is 5.96. The topological polar surface area (TPSA) is 38.5 Å². The Balaban J connectivity index is 1.79. The fraction of sp³-hybridized carbons (Fsp3) is 1.00. The van der Waals surface area contributed by atoms with Gasteiger partial charge in [-0.15, -0.1) is 0 Å². The Morgan fingerprint density at radius 1 is 1.38 bits per heavy atom. The van der Waals surface area contributed by atoms with Gasteiger partial charge < -0.3 is 15.4 Å². The van der Waals surface area contributed by atoms with Gasteiger partial charge in [0, 0.05) is 31.7 Å². The number of hydrogen-bond acceptors (Lipinski definition) is 3. The molecule has 3 heteroatoms. The van der Waals surface area contributed by atoms with Crippen LogP contribution in [0.3, 0.4) is 0 Å². The van der Waals surface area contributed by atoms with E-state index in [-0.39, 0.29) is 5.41 Å². The van der Waals surface area contributed by atoms with Crippen LogP contribution in [0.1, 0.15) is 32.1 Å². The molecule has 0 radical (unpaired) electrons. The van der Waals surface area contributed by atoms with Gasteiger partial charge in [-0.25, -0.2) is 0 Å². The minimum atomic E-state index is 0.233. The zero-order valence-electron chi connectivity index (χ0n) is 10.6. The summed E-state index contributed by atoms with van der Waals surface area (Å²) in [7, 11) is 2.24.